The first-order valence-corrected chi connectivity index (χ1v) is 8.37. The van der Waals surface area contributed by atoms with E-state index in [1.165, 1.54) is 42.0 Å². The van der Waals surface area contributed by atoms with E-state index in [1.807, 2.05) is 11.3 Å². The van der Waals surface area contributed by atoms with E-state index in [0.717, 1.165) is 12.1 Å². The Morgan fingerprint density at radius 1 is 1.30 bits per heavy atom. The summed E-state index contributed by atoms with van der Waals surface area (Å²) < 4.78 is 0. The molecule has 1 aliphatic rings. The number of rotatable bonds is 5. The quantitative estimate of drug-likeness (QED) is 0.647. The van der Waals surface area contributed by atoms with Crippen molar-refractivity contribution in [3.05, 3.63) is 15.6 Å². The van der Waals surface area contributed by atoms with Gasteiger partial charge in [-0.1, -0.05) is 19.3 Å². The maximum Gasteiger partial charge on any atom is 0.0947 e. The normalized spacial score (nSPS) is 20.3. The van der Waals surface area contributed by atoms with Crippen molar-refractivity contribution in [2.75, 3.05) is 14.1 Å². The summed E-state index contributed by atoms with van der Waals surface area (Å²) in [7, 11) is 4.38. The second kappa shape index (κ2) is 6.52. The molecule has 1 aromatic heterocycles. The fourth-order valence-corrected chi connectivity index (χ4v) is 4.46. The number of nitrogens with one attached hydrogen (secondary N) is 1. The summed E-state index contributed by atoms with van der Waals surface area (Å²) in [6.07, 6.45) is 7.31. The smallest absolute Gasteiger partial charge is 0.0947 e. The second-order valence-electron chi connectivity index (χ2n) is 6.23. The average molecular weight is 296 g/mol. The summed E-state index contributed by atoms with van der Waals surface area (Å²) in [6, 6.07) is 0.266. The molecule has 1 aliphatic carbocycles. The Balaban J connectivity index is 2.20. The third-order valence-electron chi connectivity index (χ3n) is 4.91. The van der Waals surface area contributed by atoms with Gasteiger partial charge in [-0.25, -0.2) is 4.98 Å². The van der Waals surface area contributed by atoms with E-state index >= 15 is 0 Å². The van der Waals surface area contributed by atoms with E-state index in [0.29, 0.717) is 0 Å². The van der Waals surface area contributed by atoms with Crippen LogP contribution in [0.4, 0.5) is 0 Å². The zero-order chi connectivity index (χ0) is 14.8. The van der Waals surface area contributed by atoms with Crippen LogP contribution in [0.5, 0.6) is 0 Å². The highest BCUT2D eigenvalue weighted by molar-refractivity contribution is 7.11. The summed E-state index contributed by atoms with van der Waals surface area (Å²) in [6.45, 7) is 4.23. The predicted molar refractivity (Wildman–Crippen MR) is 85.9 cm³/mol. The predicted octanol–water partition coefficient (Wildman–Crippen LogP) is 2.40. The van der Waals surface area contributed by atoms with Gasteiger partial charge in [-0.15, -0.1) is 11.3 Å². The molecule has 1 fully saturated rings. The molecule has 114 valence electrons. The van der Waals surface area contributed by atoms with Crippen molar-refractivity contribution in [3.63, 3.8) is 0 Å². The van der Waals surface area contributed by atoms with E-state index in [1.54, 1.807) is 0 Å². The van der Waals surface area contributed by atoms with Gasteiger partial charge in [0.2, 0.25) is 0 Å². The lowest BCUT2D eigenvalue weighted by atomic mass is 9.74. The standard InChI is InChI=1S/C15H28N4S/c1-11-12(2)20-14(17-11)10-13(18-16)15(19(3)4)8-6-5-7-9-15/h13,18H,5-10,16H2,1-4H3. The van der Waals surface area contributed by atoms with Gasteiger partial charge in [0.25, 0.3) is 0 Å². The highest BCUT2D eigenvalue weighted by Gasteiger charge is 2.41. The molecule has 20 heavy (non-hydrogen) atoms. The van der Waals surface area contributed by atoms with Gasteiger partial charge in [-0.3, -0.25) is 11.3 Å². The first kappa shape index (κ1) is 15.9. The lowest BCUT2D eigenvalue weighted by molar-refractivity contribution is 0.0568. The Kier molecular flexibility index (Phi) is 5.18. The summed E-state index contributed by atoms with van der Waals surface area (Å²) in [5.74, 6) is 5.92. The van der Waals surface area contributed by atoms with Crippen LogP contribution < -0.4 is 11.3 Å². The van der Waals surface area contributed by atoms with Gasteiger partial charge in [0, 0.05) is 22.9 Å². The number of nitrogens with two attached hydrogens (primary N) is 1. The molecular formula is C15H28N4S. The Hall–Kier alpha value is -0.490. The number of hydrazine groups is 1. The number of aryl methyl sites for hydroxylation is 2. The number of likely N-dealkylation sites (N-methyl/N-ethyl adjacent to an activating group) is 1. The van der Waals surface area contributed by atoms with Crippen molar-refractivity contribution in [3.8, 4) is 0 Å². The van der Waals surface area contributed by atoms with Crippen LogP contribution in [-0.4, -0.2) is 35.6 Å². The van der Waals surface area contributed by atoms with Gasteiger partial charge in [0.15, 0.2) is 0 Å². The number of thiazole rings is 1. The molecule has 0 saturated heterocycles. The molecule has 1 unspecified atom stereocenters. The van der Waals surface area contributed by atoms with Gasteiger partial charge >= 0.3 is 0 Å². The van der Waals surface area contributed by atoms with Crippen LogP contribution in [0.15, 0.2) is 0 Å². The van der Waals surface area contributed by atoms with E-state index in [2.05, 4.69) is 43.3 Å². The van der Waals surface area contributed by atoms with E-state index in [-0.39, 0.29) is 11.6 Å². The van der Waals surface area contributed by atoms with E-state index < -0.39 is 0 Å². The third-order valence-corrected chi connectivity index (χ3v) is 6.01. The highest BCUT2D eigenvalue weighted by Crippen LogP contribution is 2.36. The first-order chi connectivity index (χ1) is 9.49. The number of hydrogen-bond acceptors (Lipinski definition) is 5. The molecule has 0 bridgehead atoms. The van der Waals surface area contributed by atoms with Crippen LogP contribution >= 0.6 is 11.3 Å². The van der Waals surface area contributed by atoms with Crippen LogP contribution in [0.25, 0.3) is 0 Å². The van der Waals surface area contributed by atoms with Gasteiger partial charge in [0.1, 0.15) is 0 Å². The SMILES string of the molecule is Cc1nc(CC(NN)C2(N(C)C)CCCCC2)sc1C. The molecule has 1 aromatic rings. The van der Waals surface area contributed by atoms with Gasteiger partial charge in [-0.05, 0) is 40.8 Å². The number of hydrogen-bond donors (Lipinski definition) is 2. The summed E-state index contributed by atoms with van der Waals surface area (Å²) in [5.41, 5.74) is 4.42. The number of nitrogens with zero attached hydrogens (tertiary/aromatic N) is 2. The number of aromatic nitrogens is 1. The molecule has 5 heteroatoms. The van der Waals surface area contributed by atoms with Crippen molar-refractivity contribution >= 4 is 11.3 Å². The summed E-state index contributed by atoms with van der Waals surface area (Å²) in [5, 5.41) is 1.20. The molecule has 2 rings (SSSR count). The van der Waals surface area contributed by atoms with Gasteiger partial charge in [-0.2, -0.15) is 0 Å². The average Bonchev–Trinajstić information content (AvgIpc) is 2.75. The van der Waals surface area contributed by atoms with Crippen LogP contribution in [0, 0.1) is 13.8 Å². The van der Waals surface area contributed by atoms with Crippen molar-refractivity contribution in [2.24, 2.45) is 5.84 Å². The van der Waals surface area contributed by atoms with E-state index in [9.17, 15) is 0 Å². The Morgan fingerprint density at radius 2 is 1.95 bits per heavy atom. The lowest BCUT2D eigenvalue weighted by Crippen LogP contribution is -2.62. The van der Waals surface area contributed by atoms with Crippen LogP contribution in [0.3, 0.4) is 0 Å². The topological polar surface area (TPSA) is 54.2 Å². The molecule has 0 radical (unpaired) electrons. The Bertz CT molecular complexity index is 416. The molecule has 4 nitrogen and oxygen atoms in total. The lowest BCUT2D eigenvalue weighted by Gasteiger charge is -2.48. The van der Waals surface area contributed by atoms with Crippen molar-refractivity contribution in [1.82, 2.24) is 15.3 Å². The Labute approximate surface area is 126 Å². The third kappa shape index (κ3) is 3.06. The second-order valence-corrected chi connectivity index (χ2v) is 7.52. The highest BCUT2D eigenvalue weighted by atomic mass is 32.1. The van der Waals surface area contributed by atoms with Crippen LogP contribution in [-0.2, 0) is 6.42 Å². The first-order valence-electron chi connectivity index (χ1n) is 7.56. The van der Waals surface area contributed by atoms with Crippen molar-refractivity contribution in [1.29, 1.82) is 0 Å². The zero-order valence-corrected chi connectivity index (χ0v) is 14.0. The summed E-state index contributed by atoms with van der Waals surface area (Å²) >= 11 is 1.81. The van der Waals surface area contributed by atoms with Crippen LogP contribution in [0.2, 0.25) is 0 Å². The molecule has 1 saturated carbocycles. The molecule has 1 atom stereocenters. The molecular weight excluding hydrogens is 268 g/mol. The van der Waals surface area contributed by atoms with Crippen LogP contribution in [0.1, 0.15) is 47.7 Å². The molecule has 1 heterocycles. The molecule has 3 N–H and O–H groups in total. The molecule has 0 spiro atoms. The molecule has 0 aromatic carbocycles. The maximum atomic E-state index is 5.92. The van der Waals surface area contributed by atoms with E-state index in [4.69, 9.17) is 5.84 Å². The minimum absolute atomic E-state index is 0.167. The monoisotopic (exact) mass is 296 g/mol. The summed E-state index contributed by atoms with van der Waals surface area (Å²) in [4.78, 5) is 8.38. The van der Waals surface area contributed by atoms with Gasteiger partial charge < -0.3 is 4.90 Å². The van der Waals surface area contributed by atoms with Gasteiger partial charge in [0.05, 0.1) is 10.7 Å². The fourth-order valence-electron chi connectivity index (χ4n) is 3.48. The zero-order valence-electron chi connectivity index (χ0n) is 13.2. The largest absolute Gasteiger partial charge is 0.302 e. The maximum absolute atomic E-state index is 5.92. The minimum atomic E-state index is 0.167. The molecule has 0 aliphatic heterocycles. The molecule has 0 amide bonds. The Morgan fingerprint density at radius 3 is 2.40 bits per heavy atom. The van der Waals surface area contributed by atoms with Crippen molar-refractivity contribution < 1.29 is 0 Å². The minimum Gasteiger partial charge on any atom is -0.302 e. The van der Waals surface area contributed by atoms with Crippen molar-refractivity contribution in [2.45, 2.75) is 64.0 Å². The fraction of sp³-hybridized carbons (Fsp3) is 0.800.